The lowest BCUT2D eigenvalue weighted by Gasteiger charge is -2.17. The van der Waals surface area contributed by atoms with Crippen molar-refractivity contribution >= 4 is 10.0 Å². The van der Waals surface area contributed by atoms with Crippen molar-refractivity contribution in [3.63, 3.8) is 0 Å². The summed E-state index contributed by atoms with van der Waals surface area (Å²) in [6.07, 6.45) is 1.81. The van der Waals surface area contributed by atoms with E-state index in [9.17, 15) is 8.42 Å². The molecule has 1 heterocycles. The van der Waals surface area contributed by atoms with Crippen molar-refractivity contribution in [3.05, 3.63) is 72.1 Å². The summed E-state index contributed by atoms with van der Waals surface area (Å²) in [6, 6.07) is 19.2. The molecule has 0 saturated carbocycles. The average molecular weight is 357 g/mol. The van der Waals surface area contributed by atoms with Gasteiger partial charge in [-0.25, -0.2) is 8.42 Å². The van der Waals surface area contributed by atoms with Crippen LogP contribution in [0.15, 0.2) is 65.2 Å². The van der Waals surface area contributed by atoms with Gasteiger partial charge in [0, 0.05) is 12.1 Å². The Bertz CT molecular complexity index is 909. The molecule has 0 fully saturated rings. The van der Waals surface area contributed by atoms with Gasteiger partial charge < -0.3 is 4.52 Å². The molecule has 0 bridgehead atoms. The zero-order chi connectivity index (χ0) is 17.7. The van der Waals surface area contributed by atoms with E-state index in [1.165, 1.54) is 10.6 Å². The second kappa shape index (κ2) is 7.58. The summed E-state index contributed by atoms with van der Waals surface area (Å²) in [5.41, 5.74) is 1.90. The highest BCUT2D eigenvalue weighted by Gasteiger charge is 2.20. The summed E-state index contributed by atoms with van der Waals surface area (Å²) in [4.78, 5) is 4.30. The molecule has 0 aliphatic carbocycles. The molecule has 0 saturated heterocycles. The zero-order valence-electron chi connectivity index (χ0n) is 13.9. The molecular weight excluding hydrogens is 338 g/mol. The van der Waals surface area contributed by atoms with Crippen LogP contribution in [0.3, 0.4) is 0 Å². The maximum Gasteiger partial charge on any atom is 0.242 e. The molecule has 6 nitrogen and oxygen atoms in total. The lowest BCUT2D eigenvalue weighted by Crippen LogP contribution is -2.31. The minimum Gasteiger partial charge on any atom is -0.338 e. The molecule has 1 aromatic heterocycles. The van der Waals surface area contributed by atoms with E-state index in [4.69, 9.17) is 4.52 Å². The van der Waals surface area contributed by atoms with Crippen molar-refractivity contribution < 1.29 is 12.9 Å². The molecular formula is C18H19N3O3S. The van der Waals surface area contributed by atoms with Crippen LogP contribution < -0.4 is 0 Å². The van der Waals surface area contributed by atoms with E-state index >= 15 is 0 Å². The van der Waals surface area contributed by atoms with Gasteiger partial charge in [-0.05, 0) is 12.0 Å². The number of nitrogens with zero attached hydrogens (tertiary/aromatic N) is 3. The van der Waals surface area contributed by atoms with Gasteiger partial charge in [0.1, 0.15) is 0 Å². The second-order valence-electron chi connectivity index (χ2n) is 5.71. The quantitative estimate of drug-likeness (QED) is 0.650. The highest BCUT2D eigenvalue weighted by Crippen LogP contribution is 2.16. The van der Waals surface area contributed by atoms with Gasteiger partial charge in [-0.1, -0.05) is 65.8 Å². The Morgan fingerprint density at radius 3 is 2.28 bits per heavy atom. The fourth-order valence-corrected chi connectivity index (χ4v) is 3.20. The lowest BCUT2D eigenvalue weighted by molar-refractivity contribution is 0.318. The third kappa shape index (κ3) is 4.74. The van der Waals surface area contributed by atoms with Gasteiger partial charge in [-0.15, -0.1) is 0 Å². The molecule has 0 aliphatic heterocycles. The number of sulfonamides is 1. The molecule has 0 aliphatic rings. The number of hydrogen-bond donors (Lipinski definition) is 0. The molecule has 0 atom stereocenters. The Kier molecular flexibility index (Phi) is 5.25. The summed E-state index contributed by atoms with van der Waals surface area (Å²) < 4.78 is 30.7. The van der Waals surface area contributed by atoms with Crippen LogP contribution in [0.4, 0.5) is 0 Å². The van der Waals surface area contributed by atoms with Gasteiger partial charge in [0.25, 0.3) is 0 Å². The maximum atomic E-state index is 12.1. The third-order valence-corrected chi connectivity index (χ3v) is 5.02. The highest BCUT2D eigenvalue weighted by atomic mass is 32.2. The van der Waals surface area contributed by atoms with Crippen molar-refractivity contribution in [1.29, 1.82) is 0 Å². The van der Waals surface area contributed by atoms with Crippen LogP contribution in [0.2, 0.25) is 0 Å². The Morgan fingerprint density at radius 2 is 1.64 bits per heavy atom. The monoisotopic (exact) mass is 357 g/mol. The molecule has 2 aromatic carbocycles. The molecule has 25 heavy (non-hydrogen) atoms. The fourth-order valence-electron chi connectivity index (χ4n) is 2.44. The second-order valence-corrected chi connectivity index (χ2v) is 7.69. The van der Waals surface area contributed by atoms with Gasteiger partial charge in [-0.2, -0.15) is 9.29 Å². The van der Waals surface area contributed by atoms with Crippen LogP contribution >= 0.6 is 0 Å². The minimum absolute atomic E-state index is 0.0610. The standard InChI is InChI=1S/C18H19N3O3S/c1-25(22,23)21(13-12-15-8-4-2-5-9-15)14-17-19-18(20-24-17)16-10-6-3-7-11-16/h2-11H,12-14H2,1H3. The van der Waals surface area contributed by atoms with E-state index in [1.807, 2.05) is 60.7 Å². The average Bonchev–Trinajstić information content (AvgIpc) is 3.08. The largest absolute Gasteiger partial charge is 0.338 e. The van der Waals surface area contributed by atoms with E-state index in [1.54, 1.807) is 0 Å². The minimum atomic E-state index is -3.38. The Balaban J connectivity index is 1.72. The van der Waals surface area contributed by atoms with Crippen molar-refractivity contribution in [2.24, 2.45) is 0 Å². The molecule has 3 aromatic rings. The Labute approximate surface area is 147 Å². The van der Waals surface area contributed by atoms with Gasteiger partial charge in [0.05, 0.1) is 12.8 Å². The Morgan fingerprint density at radius 1 is 1.00 bits per heavy atom. The number of hydrogen-bond acceptors (Lipinski definition) is 5. The Hall–Kier alpha value is -2.51. The van der Waals surface area contributed by atoms with Crippen molar-refractivity contribution in [3.8, 4) is 11.4 Å². The first kappa shape index (κ1) is 17.3. The topological polar surface area (TPSA) is 76.3 Å². The van der Waals surface area contributed by atoms with E-state index in [0.717, 1.165) is 11.1 Å². The smallest absolute Gasteiger partial charge is 0.242 e. The first-order chi connectivity index (χ1) is 12.0. The normalized spacial score (nSPS) is 11.8. The highest BCUT2D eigenvalue weighted by molar-refractivity contribution is 7.88. The van der Waals surface area contributed by atoms with E-state index in [-0.39, 0.29) is 12.4 Å². The molecule has 0 N–H and O–H groups in total. The van der Waals surface area contributed by atoms with Crippen molar-refractivity contribution in [2.75, 3.05) is 12.8 Å². The van der Waals surface area contributed by atoms with E-state index in [2.05, 4.69) is 10.1 Å². The molecule has 3 rings (SSSR count). The van der Waals surface area contributed by atoms with Crippen LogP contribution in [0.5, 0.6) is 0 Å². The zero-order valence-corrected chi connectivity index (χ0v) is 14.7. The van der Waals surface area contributed by atoms with Gasteiger partial charge in [0.2, 0.25) is 21.7 Å². The molecule has 0 amide bonds. The summed E-state index contributed by atoms with van der Waals surface area (Å²) in [6.45, 7) is 0.414. The van der Waals surface area contributed by atoms with E-state index < -0.39 is 10.0 Å². The van der Waals surface area contributed by atoms with E-state index in [0.29, 0.717) is 18.8 Å². The molecule has 0 radical (unpaired) electrons. The predicted molar refractivity (Wildman–Crippen MR) is 95.1 cm³/mol. The van der Waals surface area contributed by atoms with Crippen LogP contribution in [0.25, 0.3) is 11.4 Å². The first-order valence-electron chi connectivity index (χ1n) is 7.89. The third-order valence-electron chi connectivity index (χ3n) is 3.77. The number of aromatic nitrogens is 2. The fraction of sp³-hybridized carbons (Fsp3) is 0.222. The lowest BCUT2D eigenvalue weighted by atomic mass is 10.1. The summed E-state index contributed by atoms with van der Waals surface area (Å²) in [7, 11) is -3.38. The molecule has 7 heteroatoms. The van der Waals surface area contributed by atoms with Crippen molar-refractivity contribution in [2.45, 2.75) is 13.0 Å². The molecule has 0 unspecified atom stereocenters. The summed E-state index contributed by atoms with van der Waals surface area (Å²) in [5.74, 6) is 0.726. The van der Waals surface area contributed by atoms with Gasteiger partial charge in [-0.3, -0.25) is 0 Å². The summed E-state index contributed by atoms with van der Waals surface area (Å²) in [5, 5.41) is 3.93. The van der Waals surface area contributed by atoms with Crippen LogP contribution in [0, 0.1) is 0 Å². The number of benzene rings is 2. The van der Waals surface area contributed by atoms with Crippen LogP contribution in [-0.4, -0.2) is 35.7 Å². The first-order valence-corrected chi connectivity index (χ1v) is 9.74. The van der Waals surface area contributed by atoms with Crippen molar-refractivity contribution in [1.82, 2.24) is 14.4 Å². The SMILES string of the molecule is CS(=O)(=O)N(CCc1ccccc1)Cc1nc(-c2ccccc2)no1. The molecule has 130 valence electrons. The summed E-state index contributed by atoms with van der Waals surface area (Å²) >= 11 is 0. The predicted octanol–water partition coefficient (Wildman–Crippen LogP) is 2.74. The molecule has 0 spiro atoms. The van der Waals surface area contributed by atoms with Gasteiger partial charge >= 0.3 is 0 Å². The van der Waals surface area contributed by atoms with Crippen LogP contribution in [-0.2, 0) is 23.0 Å². The van der Waals surface area contributed by atoms with Crippen LogP contribution in [0.1, 0.15) is 11.5 Å². The van der Waals surface area contributed by atoms with Gasteiger partial charge in [0.15, 0.2) is 0 Å². The maximum absolute atomic E-state index is 12.1. The number of rotatable bonds is 7.